The van der Waals surface area contributed by atoms with E-state index in [0.717, 1.165) is 77.0 Å². The van der Waals surface area contributed by atoms with Crippen molar-refractivity contribution in [1.29, 1.82) is 0 Å². The van der Waals surface area contributed by atoms with E-state index in [2.05, 4.69) is 57.2 Å². The molecule has 82 heavy (non-hydrogen) atoms. The highest BCUT2D eigenvalue weighted by Gasteiger charge is 2.19. The van der Waals surface area contributed by atoms with E-state index in [1.54, 1.807) is 0 Å². The van der Waals surface area contributed by atoms with Crippen molar-refractivity contribution in [2.24, 2.45) is 0 Å². The van der Waals surface area contributed by atoms with Gasteiger partial charge >= 0.3 is 17.9 Å². The molecule has 6 heteroatoms. The average molecular weight is 1150 g/mol. The van der Waals surface area contributed by atoms with E-state index in [-0.39, 0.29) is 31.1 Å². The first-order valence-electron chi connectivity index (χ1n) is 37.0. The third kappa shape index (κ3) is 68.4. The van der Waals surface area contributed by atoms with Crippen molar-refractivity contribution in [2.45, 2.75) is 419 Å². The molecule has 6 nitrogen and oxygen atoms in total. The van der Waals surface area contributed by atoms with Crippen LogP contribution in [-0.2, 0) is 28.6 Å². The number of allylic oxidation sites excluding steroid dienone is 6. The summed E-state index contributed by atoms with van der Waals surface area (Å²) >= 11 is 0. The molecule has 0 heterocycles. The molecule has 0 saturated carbocycles. The second kappa shape index (κ2) is 71.1. The molecule has 0 aliphatic rings. The Morgan fingerprint density at radius 2 is 0.439 bits per heavy atom. The number of unbranched alkanes of at least 4 members (excludes halogenated alkanes) is 52. The van der Waals surface area contributed by atoms with Gasteiger partial charge in [-0.25, -0.2) is 0 Å². The Labute approximate surface area is 512 Å². The van der Waals surface area contributed by atoms with Crippen molar-refractivity contribution in [3.8, 4) is 0 Å². The Kier molecular flexibility index (Phi) is 69.1. The average Bonchev–Trinajstić information content (AvgIpc) is 3.47. The van der Waals surface area contributed by atoms with Crippen molar-refractivity contribution < 1.29 is 28.6 Å². The summed E-state index contributed by atoms with van der Waals surface area (Å²) in [7, 11) is 0. The van der Waals surface area contributed by atoms with Gasteiger partial charge in [0.2, 0.25) is 0 Å². The SMILES string of the molecule is CCCCCC/C=C\C/C=C\CCCCCCCCCC(=O)OC(COC(=O)CCCCCCC/C=C\CCCCCC)COC(=O)CCCCCCCCCCCCCCCCCCCCCCCCCCCCCCCCCCC. The van der Waals surface area contributed by atoms with Gasteiger partial charge in [-0.05, 0) is 77.0 Å². The first-order valence-corrected chi connectivity index (χ1v) is 37.0. The monoisotopic (exact) mass is 1150 g/mol. The smallest absolute Gasteiger partial charge is 0.306 e. The van der Waals surface area contributed by atoms with Crippen LogP contribution in [0.5, 0.6) is 0 Å². The number of ether oxygens (including phenoxy) is 3. The molecule has 0 aromatic carbocycles. The summed E-state index contributed by atoms with van der Waals surface area (Å²) in [5.74, 6) is -0.864. The predicted molar refractivity (Wildman–Crippen MR) is 358 cm³/mol. The Morgan fingerprint density at radius 1 is 0.244 bits per heavy atom. The molecule has 0 aliphatic carbocycles. The Hall–Kier alpha value is -2.37. The van der Waals surface area contributed by atoms with E-state index in [4.69, 9.17) is 14.2 Å². The van der Waals surface area contributed by atoms with Crippen LogP contribution in [0.3, 0.4) is 0 Å². The third-order valence-electron chi connectivity index (χ3n) is 16.9. The fraction of sp³-hybridized carbons (Fsp3) is 0.882. The molecule has 0 bridgehead atoms. The lowest BCUT2D eigenvalue weighted by Crippen LogP contribution is -2.30. The molecule has 0 aromatic rings. The Morgan fingerprint density at radius 3 is 0.695 bits per heavy atom. The summed E-state index contributed by atoms with van der Waals surface area (Å²) in [5, 5.41) is 0. The zero-order valence-corrected chi connectivity index (χ0v) is 55.5. The molecule has 0 rings (SSSR count). The van der Waals surface area contributed by atoms with E-state index in [9.17, 15) is 14.4 Å². The molecule has 0 saturated heterocycles. The largest absolute Gasteiger partial charge is 0.462 e. The number of esters is 3. The van der Waals surface area contributed by atoms with Crippen LogP contribution in [0.15, 0.2) is 36.5 Å². The number of carbonyl (C=O) groups is 3. The summed E-state index contributed by atoms with van der Waals surface area (Å²) in [6, 6.07) is 0. The van der Waals surface area contributed by atoms with Crippen LogP contribution < -0.4 is 0 Å². The van der Waals surface area contributed by atoms with Gasteiger partial charge in [-0.2, -0.15) is 0 Å². The molecule has 0 N–H and O–H groups in total. The van der Waals surface area contributed by atoms with E-state index in [0.29, 0.717) is 19.3 Å². The zero-order valence-electron chi connectivity index (χ0n) is 55.5. The minimum absolute atomic E-state index is 0.0737. The van der Waals surface area contributed by atoms with E-state index < -0.39 is 6.10 Å². The van der Waals surface area contributed by atoms with Gasteiger partial charge in [0.05, 0.1) is 0 Å². The molecular weight excluding hydrogens is 1010 g/mol. The van der Waals surface area contributed by atoms with Gasteiger partial charge in [0.25, 0.3) is 0 Å². The van der Waals surface area contributed by atoms with Gasteiger partial charge in [0, 0.05) is 19.3 Å². The highest BCUT2D eigenvalue weighted by molar-refractivity contribution is 5.71. The molecule has 0 spiro atoms. The van der Waals surface area contributed by atoms with Crippen molar-refractivity contribution in [2.75, 3.05) is 13.2 Å². The quantitative estimate of drug-likeness (QED) is 0.0261. The highest BCUT2D eigenvalue weighted by Crippen LogP contribution is 2.19. The van der Waals surface area contributed by atoms with E-state index >= 15 is 0 Å². The molecular formula is C76H142O6. The van der Waals surface area contributed by atoms with Crippen molar-refractivity contribution in [3.05, 3.63) is 36.5 Å². The van der Waals surface area contributed by atoms with Crippen LogP contribution in [-0.4, -0.2) is 37.2 Å². The van der Waals surface area contributed by atoms with Crippen molar-refractivity contribution in [1.82, 2.24) is 0 Å². The Balaban J connectivity index is 4.11. The van der Waals surface area contributed by atoms with Crippen molar-refractivity contribution in [3.63, 3.8) is 0 Å². The van der Waals surface area contributed by atoms with Gasteiger partial charge in [0.1, 0.15) is 13.2 Å². The fourth-order valence-electron chi connectivity index (χ4n) is 11.3. The third-order valence-corrected chi connectivity index (χ3v) is 16.9. The predicted octanol–water partition coefficient (Wildman–Crippen LogP) is 25.5. The van der Waals surface area contributed by atoms with Crippen LogP contribution >= 0.6 is 0 Å². The maximum atomic E-state index is 12.9. The number of rotatable bonds is 69. The first-order chi connectivity index (χ1) is 40.5. The lowest BCUT2D eigenvalue weighted by molar-refractivity contribution is -0.167. The maximum Gasteiger partial charge on any atom is 0.306 e. The number of carbonyl (C=O) groups excluding carboxylic acids is 3. The first kappa shape index (κ1) is 79.6. The van der Waals surface area contributed by atoms with E-state index in [1.807, 2.05) is 0 Å². The van der Waals surface area contributed by atoms with Crippen LogP contribution in [0.1, 0.15) is 412 Å². The maximum absolute atomic E-state index is 12.9. The van der Waals surface area contributed by atoms with E-state index in [1.165, 1.54) is 295 Å². The Bertz CT molecular complexity index is 1370. The molecule has 0 radical (unpaired) electrons. The number of hydrogen-bond acceptors (Lipinski definition) is 6. The second-order valence-electron chi connectivity index (χ2n) is 25.2. The second-order valence-corrected chi connectivity index (χ2v) is 25.2. The summed E-state index contributed by atoms with van der Waals surface area (Å²) in [4.78, 5) is 38.4. The highest BCUT2D eigenvalue weighted by atomic mass is 16.6. The van der Waals surface area contributed by atoms with Gasteiger partial charge < -0.3 is 14.2 Å². The lowest BCUT2D eigenvalue weighted by Gasteiger charge is -2.18. The van der Waals surface area contributed by atoms with Gasteiger partial charge in [-0.3, -0.25) is 14.4 Å². The van der Waals surface area contributed by atoms with Crippen molar-refractivity contribution >= 4 is 17.9 Å². The molecule has 1 atom stereocenters. The lowest BCUT2D eigenvalue weighted by atomic mass is 10.0. The van der Waals surface area contributed by atoms with Crippen LogP contribution in [0.4, 0.5) is 0 Å². The zero-order chi connectivity index (χ0) is 59.2. The summed E-state index contributed by atoms with van der Waals surface area (Å²) in [5.41, 5.74) is 0. The molecule has 482 valence electrons. The van der Waals surface area contributed by atoms with Gasteiger partial charge in [-0.15, -0.1) is 0 Å². The van der Waals surface area contributed by atoms with Crippen LogP contribution in [0.2, 0.25) is 0 Å². The molecule has 0 fully saturated rings. The molecule has 1 unspecified atom stereocenters. The van der Waals surface area contributed by atoms with Gasteiger partial charge in [0.15, 0.2) is 6.10 Å². The van der Waals surface area contributed by atoms with Gasteiger partial charge in [-0.1, -0.05) is 353 Å². The number of hydrogen-bond donors (Lipinski definition) is 0. The topological polar surface area (TPSA) is 78.9 Å². The molecule has 0 amide bonds. The van der Waals surface area contributed by atoms with Crippen LogP contribution in [0, 0.1) is 0 Å². The molecule has 0 aromatic heterocycles. The summed E-state index contributed by atoms with van der Waals surface area (Å²) < 4.78 is 17.0. The minimum Gasteiger partial charge on any atom is -0.462 e. The normalized spacial score (nSPS) is 12.2. The fourth-order valence-corrected chi connectivity index (χ4v) is 11.3. The van der Waals surface area contributed by atoms with Crippen LogP contribution in [0.25, 0.3) is 0 Å². The molecule has 0 aliphatic heterocycles. The minimum atomic E-state index is -0.779. The standard InChI is InChI=1S/C76H142O6/c1-4-7-10-13-16-19-22-25-27-29-31-32-33-34-35-36-37-38-39-40-41-42-43-44-45-47-48-51-54-57-60-63-66-69-75(78)81-72-73(71-80-74(77)68-65-62-59-56-53-50-24-21-18-15-12-9-6-3)82-76(79)70-67-64-61-58-55-52-49-46-30-28-26-23-20-17-14-11-8-5-2/h20-21,23-24,28,30,73H,4-19,22,25-27,29,31-72H2,1-3H3/b23-20-,24-21-,30-28-. The summed E-state index contributed by atoms with van der Waals surface area (Å²) in [6.45, 7) is 6.67. The summed E-state index contributed by atoms with van der Waals surface area (Å²) in [6.07, 6.45) is 89.2.